The summed E-state index contributed by atoms with van der Waals surface area (Å²) in [4.78, 5) is 14.9. The maximum Gasteiger partial charge on any atom is 0.433 e. The molecule has 0 saturated carbocycles. The number of nitrogens with zero attached hydrogens (tertiary/aromatic N) is 2. The van der Waals surface area contributed by atoms with Gasteiger partial charge in [0.05, 0.1) is 23.0 Å². The van der Waals surface area contributed by atoms with Crippen LogP contribution in [0.3, 0.4) is 0 Å². The van der Waals surface area contributed by atoms with Crippen LogP contribution in [0.5, 0.6) is 0 Å². The fourth-order valence-corrected chi connectivity index (χ4v) is 4.64. The zero-order chi connectivity index (χ0) is 22.1. The molecule has 3 rings (SSSR count). The summed E-state index contributed by atoms with van der Waals surface area (Å²) in [5.41, 5.74) is -1.03. The predicted molar refractivity (Wildman–Crippen MR) is 104 cm³/mol. The summed E-state index contributed by atoms with van der Waals surface area (Å²) < 4.78 is 71.1. The molecule has 30 heavy (non-hydrogen) atoms. The number of hydrogen-bond donors (Lipinski definition) is 0. The predicted octanol–water partition coefficient (Wildman–Crippen LogP) is 4.44. The van der Waals surface area contributed by atoms with Crippen LogP contribution in [0.15, 0.2) is 47.4 Å². The summed E-state index contributed by atoms with van der Waals surface area (Å²) in [5.74, 6) is -0.476. The lowest BCUT2D eigenvalue weighted by molar-refractivity contribution is -0.141. The van der Waals surface area contributed by atoms with E-state index in [1.165, 1.54) is 37.4 Å². The monoisotopic (exact) mass is 460 g/mol. The number of rotatable bonds is 6. The highest BCUT2D eigenvalue weighted by molar-refractivity contribution is 7.90. The van der Waals surface area contributed by atoms with Gasteiger partial charge in [0, 0.05) is 17.1 Å². The van der Waals surface area contributed by atoms with Gasteiger partial charge in [0.15, 0.2) is 0 Å². The minimum absolute atomic E-state index is 0.00557. The number of pyridine rings is 1. The number of aromatic nitrogens is 2. The molecule has 1 aromatic carbocycles. The first-order chi connectivity index (χ1) is 14.0. The number of esters is 1. The number of halogens is 4. The van der Waals surface area contributed by atoms with Crippen molar-refractivity contribution in [2.45, 2.75) is 30.3 Å². The van der Waals surface area contributed by atoms with Gasteiger partial charge in [-0.05, 0) is 55.3 Å². The Morgan fingerprint density at radius 3 is 2.43 bits per heavy atom. The zero-order valence-electron chi connectivity index (χ0n) is 15.6. The first-order valence-electron chi connectivity index (χ1n) is 8.70. The first kappa shape index (κ1) is 22.1. The summed E-state index contributed by atoms with van der Waals surface area (Å²) >= 11 is 5.82. The molecule has 0 fully saturated rings. The van der Waals surface area contributed by atoms with E-state index in [1.54, 1.807) is 0 Å². The molecule has 0 unspecified atom stereocenters. The SMILES string of the molecule is COC(=O)CCCc1cc2nc(C(F)(F)F)ccc2n1S(=O)(=O)c1ccc(Cl)cc1. The molecule has 11 heteroatoms. The number of benzene rings is 1. The van der Waals surface area contributed by atoms with E-state index in [1.807, 2.05) is 0 Å². The second kappa shape index (κ2) is 8.27. The number of carbonyl (C=O) groups excluding carboxylic acids is 1. The third kappa shape index (κ3) is 4.44. The number of hydrogen-bond acceptors (Lipinski definition) is 5. The van der Waals surface area contributed by atoms with Gasteiger partial charge in [0.25, 0.3) is 10.0 Å². The highest BCUT2D eigenvalue weighted by atomic mass is 35.5. The van der Waals surface area contributed by atoms with Crippen molar-refractivity contribution in [1.82, 2.24) is 8.96 Å². The highest BCUT2D eigenvalue weighted by Crippen LogP contribution is 2.32. The van der Waals surface area contributed by atoms with Crippen LogP contribution in [0.1, 0.15) is 24.2 Å². The molecule has 6 nitrogen and oxygen atoms in total. The Kier molecular flexibility index (Phi) is 6.09. The molecule has 0 aliphatic rings. The quantitative estimate of drug-likeness (QED) is 0.508. The maximum atomic E-state index is 13.3. The fourth-order valence-electron chi connectivity index (χ4n) is 2.96. The first-order valence-corrected chi connectivity index (χ1v) is 10.5. The van der Waals surface area contributed by atoms with Gasteiger partial charge < -0.3 is 4.74 Å². The molecule has 0 saturated heterocycles. The largest absolute Gasteiger partial charge is 0.469 e. The topological polar surface area (TPSA) is 78.3 Å². The van der Waals surface area contributed by atoms with Gasteiger partial charge in [0.2, 0.25) is 0 Å². The standard InChI is InChI=1S/C19H16ClF3N2O4S/c1-29-18(26)4-2-3-13-11-15-16(9-10-17(24-15)19(21,22)23)25(13)30(27,28)14-7-5-12(20)6-8-14/h5-11H,2-4H2,1H3. The van der Waals surface area contributed by atoms with E-state index in [2.05, 4.69) is 9.72 Å². The Morgan fingerprint density at radius 2 is 1.83 bits per heavy atom. The molecule has 0 N–H and O–H groups in total. The molecule has 160 valence electrons. The molecule has 0 amide bonds. The summed E-state index contributed by atoms with van der Waals surface area (Å²) in [5, 5.41) is 0.334. The molecule has 0 bridgehead atoms. The Bertz CT molecular complexity index is 1190. The van der Waals surface area contributed by atoms with Crippen molar-refractivity contribution in [3.63, 3.8) is 0 Å². The smallest absolute Gasteiger partial charge is 0.433 e. The second-order valence-corrected chi connectivity index (χ2v) is 8.61. The van der Waals surface area contributed by atoms with Gasteiger partial charge in [-0.15, -0.1) is 0 Å². The third-order valence-electron chi connectivity index (χ3n) is 4.37. The van der Waals surface area contributed by atoms with Crippen LogP contribution in [-0.4, -0.2) is 30.5 Å². The third-order valence-corrected chi connectivity index (χ3v) is 6.40. The van der Waals surface area contributed by atoms with E-state index in [4.69, 9.17) is 11.6 Å². The normalized spacial score (nSPS) is 12.3. The van der Waals surface area contributed by atoms with Crippen LogP contribution in [0.2, 0.25) is 5.02 Å². The lowest BCUT2D eigenvalue weighted by Gasteiger charge is -2.12. The van der Waals surface area contributed by atoms with Gasteiger partial charge >= 0.3 is 12.1 Å². The summed E-state index contributed by atoms with van der Waals surface area (Å²) in [6.07, 6.45) is -4.29. The van der Waals surface area contributed by atoms with Crippen LogP contribution in [0.25, 0.3) is 11.0 Å². The van der Waals surface area contributed by atoms with E-state index in [0.717, 1.165) is 16.1 Å². The van der Waals surface area contributed by atoms with Crippen molar-refractivity contribution < 1.29 is 31.1 Å². The van der Waals surface area contributed by atoms with Crippen molar-refractivity contribution in [3.8, 4) is 0 Å². The van der Waals surface area contributed by atoms with Crippen LogP contribution < -0.4 is 0 Å². The number of carbonyl (C=O) groups is 1. The summed E-state index contributed by atoms with van der Waals surface area (Å²) in [6.45, 7) is 0. The molecular formula is C19H16ClF3N2O4S. The van der Waals surface area contributed by atoms with Crippen LogP contribution in [0, 0.1) is 0 Å². The minimum Gasteiger partial charge on any atom is -0.469 e. The number of ether oxygens (including phenoxy) is 1. The molecule has 0 aliphatic carbocycles. The van der Waals surface area contributed by atoms with Gasteiger partial charge in [-0.3, -0.25) is 4.79 Å². The molecule has 0 atom stereocenters. The van der Waals surface area contributed by atoms with Gasteiger partial charge in [-0.1, -0.05) is 11.6 Å². The average Bonchev–Trinajstić information content (AvgIpc) is 3.05. The molecule has 2 aromatic heterocycles. The lowest BCUT2D eigenvalue weighted by atomic mass is 10.2. The Morgan fingerprint density at radius 1 is 1.17 bits per heavy atom. The molecule has 3 aromatic rings. The highest BCUT2D eigenvalue weighted by Gasteiger charge is 2.33. The summed E-state index contributed by atoms with van der Waals surface area (Å²) in [7, 11) is -2.92. The number of methoxy groups -OCH3 is 1. The molecule has 0 aliphatic heterocycles. The number of fused-ring (bicyclic) bond motifs is 1. The van der Waals surface area contributed by atoms with E-state index in [-0.39, 0.29) is 40.9 Å². The van der Waals surface area contributed by atoms with E-state index < -0.39 is 27.9 Å². The number of aryl methyl sites for hydroxylation is 1. The van der Waals surface area contributed by atoms with E-state index in [0.29, 0.717) is 5.02 Å². The Balaban J connectivity index is 2.14. The van der Waals surface area contributed by atoms with Crippen LogP contribution >= 0.6 is 11.6 Å². The minimum atomic E-state index is -4.67. The fraction of sp³-hybridized carbons (Fsp3) is 0.263. The van der Waals surface area contributed by atoms with Crippen molar-refractivity contribution in [2.75, 3.05) is 7.11 Å². The van der Waals surface area contributed by atoms with Gasteiger partial charge in [0.1, 0.15) is 5.69 Å². The van der Waals surface area contributed by atoms with Gasteiger partial charge in [-0.2, -0.15) is 13.2 Å². The van der Waals surface area contributed by atoms with Crippen molar-refractivity contribution in [1.29, 1.82) is 0 Å². The Hall–Kier alpha value is -2.59. The van der Waals surface area contributed by atoms with Crippen molar-refractivity contribution in [3.05, 3.63) is 58.9 Å². The average molecular weight is 461 g/mol. The van der Waals surface area contributed by atoms with Crippen molar-refractivity contribution >= 4 is 38.6 Å². The lowest BCUT2D eigenvalue weighted by Crippen LogP contribution is -2.16. The Labute approximate surface area is 175 Å². The van der Waals surface area contributed by atoms with Crippen LogP contribution in [-0.2, 0) is 32.2 Å². The number of alkyl halides is 3. The van der Waals surface area contributed by atoms with E-state index >= 15 is 0 Å². The molecule has 2 heterocycles. The zero-order valence-corrected chi connectivity index (χ0v) is 17.2. The summed E-state index contributed by atoms with van der Waals surface area (Å²) in [6, 6.07) is 8.50. The molecular weight excluding hydrogens is 445 g/mol. The van der Waals surface area contributed by atoms with Crippen LogP contribution in [0.4, 0.5) is 13.2 Å². The molecule has 0 radical (unpaired) electrons. The second-order valence-electron chi connectivity index (χ2n) is 6.39. The molecule has 0 spiro atoms. The van der Waals surface area contributed by atoms with E-state index in [9.17, 15) is 26.4 Å². The van der Waals surface area contributed by atoms with Gasteiger partial charge in [-0.25, -0.2) is 17.4 Å². The van der Waals surface area contributed by atoms with Crippen molar-refractivity contribution in [2.24, 2.45) is 0 Å². The maximum absolute atomic E-state index is 13.3.